The van der Waals surface area contributed by atoms with Crippen molar-refractivity contribution >= 4 is 5.97 Å². The van der Waals surface area contributed by atoms with Crippen LogP contribution in [0.2, 0.25) is 0 Å². The molecule has 0 amide bonds. The van der Waals surface area contributed by atoms with Gasteiger partial charge in [-0.25, -0.2) is 0 Å². The molecule has 1 heterocycles. The minimum Gasteiger partial charge on any atom is -0.459 e. The van der Waals surface area contributed by atoms with Gasteiger partial charge in [-0.15, -0.1) is 0 Å². The van der Waals surface area contributed by atoms with Crippen LogP contribution in [0, 0.1) is 0 Å². The van der Waals surface area contributed by atoms with E-state index in [1.807, 2.05) is 25.1 Å². The van der Waals surface area contributed by atoms with Gasteiger partial charge in [-0.1, -0.05) is 13.0 Å². The van der Waals surface area contributed by atoms with Crippen molar-refractivity contribution in [2.24, 2.45) is 0 Å². The number of carbonyl (C=O) groups excluding carboxylic acids is 1. The maximum atomic E-state index is 11.0. The lowest BCUT2D eigenvalue weighted by Gasteiger charge is -2.02. The number of carbonyl (C=O) groups is 1. The Morgan fingerprint density at radius 2 is 2.38 bits per heavy atom. The molecule has 0 aliphatic carbocycles. The van der Waals surface area contributed by atoms with E-state index in [-0.39, 0.29) is 12.6 Å². The molecule has 0 unspecified atom stereocenters. The van der Waals surface area contributed by atoms with Gasteiger partial charge in [0.05, 0.1) is 5.69 Å². The summed E-state index contributed by atoms with van der Waals surface area (Å²) < 4.78 is 4.97. The summed E-state index contributed by atoms with van der Waals surface area (Å²) in [6, 6.07) is 5.53. The van der Waals surface area contributed by atoms with Gasteiger partial charge in [0.1, 0.15) is 6.61 Å². The predicted molar refractivity (Wildman–Crippen MR) is 48.9 cm³/mol. The van der Waals surface area contributed by atoms with Crippen molar-refractivity contribution in [3.05, 3.63) is 30.1 Å². The van der Waals surface area contributed by atoms with Crippen molar-refractivity contribution in [2.75, 3.05) is 0 Å². The van der Waals surface area contributed by atoms with Gasteiger partial charge in [0.2, 0.25) is 0 Å². The van der Waals surface area contributed by atoms with Crippen molar-refractivity contribution in [3.63, 3.8) is 0 Å². The number of ether oxygens (including phenoxy) is 1. The number of rotatable bonds is 4. The molecule has 3 heteroatoms. The van der Waals surface area contributed by atoms with Crippen molar-refractivity contribution in [1.82, 2.24) is 4.98 Å². The van der Waals surface area contributed by atoms with Crippen LogP contribution >= 0.6 is 0 Å². The number of esters is 1. The molecule has 1 aromatic heterocycles. The third kappa shape index (κ3) is 3.69. The highest BCUT2D eigenvalue weighted by atomic mass is 16.5. The van der Waals surface area contributed by atoms with E-state index < -0.39 is 0 Å². The van der Waals surface area contributed by atoms with E-state index in [1.54, 1.807) is 6.20 Å². The Balaban J connectivity index is 2.31. The molecule has 0 aliphatic rings. The summed E-state index contributed by atoms with van der Waals surface area (Å²) in [5.41, 5.74) is 0.784. The first-order valence-corrected chi connectivity index (χ1v) is 4.38. The van der Waals surface area contributed by atoms with E-state index in [9.17, 15) is 4.79 Å². The Hall–Kier alpha value is -1.38. The van der Waals surface area contributed by atoms with Crippen LogP contribution in [0.1, 0.15) is 25.5 Å². The first-order chi connectivity index (χ1) is 6.33. The number of hydrogen-bond donors (Lipinski definition) is 0. The Labute approximate surface area is 77.8 Å². The number of pyridine rings is 1. The third-order valence-corrected chi connectivity index (χ3v) is 1.56. The molecule has 0 saturated carbocycles. The van der Waals surface area contributed by atoms with Gasteiger partial charge in [-0.3, -0.25) is 9.78 Å². The van der Waals surface area contributed by atoms with E-state index in [4.69, 9.17) is 4.74 Å². The Morgan fingerprint density at radius 1 is 1.54 bits per heavy atom. The van der Waals surface area contributed by atoms with Crippen LogP contribution in [-0.4, -0.2) is 11.0 Å². The van der Waals surface area contributed by atoms with E-state index in [2.05, 4.69) is 4.98 Å². The normalized spacial score (nSPS) is 9.62. The standard InChI is InChI=1S/C10H13NO2/c1-2-5-10(12)13-8-9-6-3-4-7-11-9/h3-4,6-7H,2,5,8H2,1H3. The molecule has 1 aromatic rings. The second kappa shape index (κ2) is 5.30. The SMILES string of the molecule is CCCC(=O)OCc1ccccn1. The second-order valence-electron chi connectivity index (χ2n) is 2.73. The van der Waals surface area contributed by atoms with Crippen molar-refractivity contribution in [3.8, 4) is 0 Å². The number of hydrogen-bond acceptors (Lipinski definition) is 3. The summed E-state index contributed by atoms with van der Waals surface area (Å²) >= 11 is 0. The molecule has 0 saturated heterocycles. The highest BCUT2D eigenvalue weighted by Gasteiger charge is 2.00. The molecule has 13 heavy (non-hydrogen) atoms. The highest BCUT2D eigenvalue weighted by Crippen LogP contribution is 1.98. The van der Waals surface area contributed by atoms with Crippen LogP contribution in [0.25, 0.3) is 0 Å². The fourth-order valence-electron chi connectivity index (χ4n) is 0.914. The predicted octanol–water partition coefficient (Wildman–Crippen LogP) is 1.92. The van der Waals surface area contributed by atoms with Gasteiger partial charge in [0.25, 0.3) is 0 Å². The van der Waals surface area contributed by atoms with Crippen molar-refractivity contribution in [1.29, 1.82) is 0 Å². The summed E-state index contributed by atoms with van der Waals surface area (Å²) in [6.45, 7) is 2.22. The Morgan fingerprint density at radius 3 is 3.00 bits per heavy atom. The quantitative estimate of drug-likeness (QED) is 0.663. The van der Waals surface area contributed by atoms with E-state index >= 15 is 0 Å². The van der Waals surface area contributed by atoms with Crippen molar-refractivity contribution < 1.29 is 9.53 Å². The third-order valence-electron chi connectivity index (χ3n) is 1.56. The lowest BCUT2D eigenvalue weighted by Crippen LogP contribution is -2.04. The van der Waals surface area contributed by atoms with Gasteiger partial charge < -0.3 is 4.74 Å². The Kier molecular flexibility index (Phi) is 3.96. The summed E-state index contributed by atoms with van der Waals surface area (Å²) in [7, 11) is 0. The van der Waals surface area contributed by atoms with Crippen LogP contribution in [0.4, 0.5) is 0 Å². The first-order valence-electron chi connectivity index (χ1n) is 4.38. The van der Waals surface area contributed by atoms with Gasteiger partial charge in [0, 0.05) is 12.6 Å². The zero-order valence-corrected chi connectivity index (χ0v) is 7.69. The molecule has 0 spiro atoms. The molecule has 0 fully saturated rings. The average molecular weight is 179 g/mol. The molecular weight excluding hydrogens is 166 g/mol. The molecule has 0 bridgehead atoms. The summed E-state index contributed by atoms with van der Waals surface area (Å²) in [5.74, 6) is -0.159. The van der Waals surface area contributed by atoms with Crippen LogP contribution in [0.5, 0.6) is 0 Å². The summed E-state index contributed by atoms with van der Waals surface area (Å²) in [6.07, 6.45) is 2.98. The van der Waals surface area contributed by atoms with Crippen LogP contribution in [-0.2, 0) is 16.1 Å². The van der Waals surface area contributed by atoms with Gasteiger partial charge >= 0.3 is 5.97 Å². The van der Waals surface area contributed by atoms with Gasteiger partial charge in [-0.05, 0) is 18.6 Å². The van der Waals surface area contributed by atoms with Crippen LogP contribution < -0.4 is 0 Å². The summed E-state index contributed by atoms with van der Waals surface area (Å²) in [5, 5.41) is 0. The van der Waals surface area contributed by atoms with E-state index in [0.717, 1.165) is 12.1 Å². The molecule has 1 rings (SSSR count). The minimum atomic E-state index is -0.159. The van der Waals surface area contributed by atoms with Crippen molar-refractivity contribution in [2.45, 2.75) is 26.4 Å². The smallest absolute Gasteiger partial charge is 0.306 e. The van der Waals surface area contributed by atoms with E-state index in [0.29, 0.717) is 6.42 Å². The molecule has 70 valence electrons. The maximum Gasteiger partial charge on any atom is 0.306 e. The fraction of sp³-hybridized carbons (Fsp3) is 0.400. The van der Waals surface area contributed by atoms with Gasteiger partial charge in [-0.2, -0.15) is 0 Å². The topological polar surface area (TPSA) is 39.2 Å². The molecule has 0 N–H and O–H groups in total. The largest absolute Gasteiger partial charge is 0.459 e. The Bertz CT molecular complexity index is 259. The van der Waals surface area contributed by atoms with Gasteiger partial charge in [0.15, 0.2) is 0 Å². The molecule has 0 aliphatic heterocycles. The maximum absolute atomic E-state index is 11.0. The molecule has 3 nitrogen and oxygen atoms in total. The fourth-order valence-corrected chi connectivity index (χ4v) is 0.914. The molecule has 0 radical (unpaired) electrons. The zero-order valence-electron chi connectivity index (χ0n) is 7.69. The lowest BCUT2D eigenvalue weighted by atomic mass is 10.3. The lowest BCUT2D eigenvalue weighted by molar-refractivity contribution is -0.145. The first kappa shape index (κ1) is 9.71. The summed E-state index contributed by atoms with van der Waals surface area (Å²) in [4.78, 5) is 15.0. The molecule has 0 aromatic carbocycles. The van der Waals surface area contributed by atoms with Crippen LogP contribution in [0.15, 0.2) is 24.4 Å². The monoisotopic (exact) mass is 179 g/mol. The minimum absolute atomic E-state index is 0.159. The zero-order chi connectivity index (χ0) is 9.52. The number of aromatic nitrogens is 1. The van der Waals surface area contributed by atoms with Crippen LogP contribution in [0.3, 0.4) is 0 Å². The molecule has 0 atom stereocenters. The second-order valence-corrected chi connectivity index (χ2v) is 2.73. The molecular formula is C10H13NO2. The average Bonchev–Trinajstić information content (AvgIpc) is 2.17. The van der Waals surface area contributed by atoms with E-state index in [1.165, 1.54) is 0 Å². The number of nitrogens with zero attached hydrogens (tertiary/aromatic N) is 1. The highest BCUT2D eigenvalue weighted by molar-refractivity contribution is 5.69.